The first-order valence-electron chi connectivity index (χ1n) is 8.21. The molecule has 1 saturated heterocycles. The van der Waals surface area contributed by atoms with E-state index in [1.807, 2.05) is 36.7 Å². The highest BCUT2D eigenvalue weighted by atomic mass is 16.5. The molecule has 7 nitrogen and oxygen atoms in total. The molecule has 3 heterocycles. The molecule has 1 N–H and O–H groups in total. The number of ether oxygens (including phenoxy) is 1. The van der Waals surface area contributed by atoms with E-state index in [0.717, 1.165) is 43.5 Å². The molecule has 0 unspecified atom stereocenters. The molecule has 7 heteroatoms. The quantitative estimate of drug-likeness (QED) is 0.905. The van der Waals surface area contributed by atoms with E-state index in [4.69, 9.17) is 4.74 Å². The van der Waals surface area contributed by atoms with Crippen molar-refractivity contribution in [2.75, 3.05) is 36.5 Å². The van der Waals surface area contributed by atoms with Gasteiger partial charge in [0.15, 0.2) is 0 Å². The monoisotopic (exact) mass is 329 g/mol. The normalized spacial score (nSPS) is 14.7. The topological polar surface area (TPSA) is 72.3 Å². The lowest BCUT2D eigenvalue weighted by Gasteiger charge is -2.27. The van der Waals surface area contributed by atoms with Gasteiger partial charge in [0, 0.05) is 31.7 Å². The summed E-state index contributed by atoms with van der Waals surface area (Å²) < 4.78 is 7.19. The number of rotatable bonds is 5. The number of nitrogens with one attached hydrogen (secondary N) is 1. The summed E-state index contributed by atoms with van der Waals surface area (Å²) in [4.78, 5) is 18.7. The fraction of sp³-hybridized carbons (Fsp3) is 0.471. The van der Waals surface area contributed by atoms with Crippen LogP contribution in [0.3, 0.4) is 0 Å². The van der Waals surface area contributed by atoms with Gasteiger partial charge in [0.1, 0.15) is 5.82 Å². The SMILES string of the molecule is Cc1cc(C)n(CCC(=O)Nc2ccc(N3CCOCC3)nc2)n1. The largest absolute Gasteiger partial charge is 0.378 e. The van der Waals surface area contributed by atoms with Crippen LogP contribution in [0.1, 0.15) is 17.8 Å². The Kier molecular flexibility index (Phi) is 5.10. The molecule has 0 radical (unpaired) electrons. The minimum Gasteiger partial charge on any atom is -0.378 e. The smallest absolute Gasteiger partial charge is 0.226 e. The van der Waals surface area contributed by atoms with Gasteiger partial charge in [0.25, 0.3) is 0 Å². The van der Waals surface area contributed by atoms with Crippen LogP contribution in [0.2, 0.25) is 0 Å². The highest BCUT2D eigenvalue weighted by molar-refractivity contribution is 5.90. The van der Waals surface area contributed by atoms with E-state index in [-0.39, 0.29) is 5.91 Å². The maximum absolute atomic E-state index is 12.1. The number of aryl methyl sites for hydroxylation is 3. The van der Waals surface area contributed by atoms with Crippen molar-refractivity contribution < 1.29 is 9.53 Å². The van der Waals surface area contributed by atoms with Crippen LogP contribution < -0.4 is 10.2 Å². The predicted octanol–water partition coefficient (Wildman–Crippen LogP) is 1.76. The van der Waals surface area contributed by atoms with Gasteiger partial charge in [-0.25, -0.2) is 4.98 Å². The summed E-state index contributed by atoms with van der Waals surface area (Å²) in [6, 6.07) is 5.83. The highest BCUT2D eigenvalue weighted by Gasteiger charge is 2.12. The summed E-state index contributed by atoms with van der Waals surface area (Å²) in [6.45, 7) is 7.67. The highest BCUT2D eigenvalue weighted by Crippen LogP contribution is 2.15. The van der Waals surface area contributed by atoms with Crippen LogP contribution in [-0.4, -0.2) is 47.0 Å². The summed E-state index contributed by atoms with van der Waals surface area (Å²) in [6.07, 6.45) is 2.08. The van der Waals surface area contributed by atoms with Gasteiger partial charge in [-0.3, -0.25) is 9.48 Å². The molecule has 0 saturated carbocycles. The van der Waals surface area contributed by atoms with E-state index in [0.29, 0.717) is 18.7 Å². The van der Waals surface area contributed by atoms with Crippen LogP contribution >= 0.6 is 0 Å². The average Bonchev–Trinajstić information content (AvgIpc) is 2.92. The first-order chi connectivity index (χ1) is 11.6. The first-order valence-corrected chi connectivity index (χ1v) is 8.21. The molecule has 128 valence electrons. The number of hydrogen-bond acceptors (Lipinski definition) is 5. The Labute approximate surface area is 141 Å². The van der Waals surface area contributed by atoms with Crippen LogP contribution in [0.15, 0.2) is 24.4 Å². The lowest BCUT2D eigenvalue weighted by atomic mass is 10.3. The van der Waals surface area contributed by atoms with E-state index in [1.54, 1.807) is 6.20 Å². The maximum atomic E-state index is 12.1. The van der Waals surface area contributed by atoms with Crippen molar-refractivity contribution in [3.8, 4) is 0 Å². The number of nitrogens with zero attached hydrogens (tertiary/aromatic N) is 4. The van der Waals surface area contributed by atoms with Crippen molar-refractivity contribution in [2.45, 2.75) is 26.8 Å². The number of carbonyl (C=O) groups is 1. The molecule has 2 aromatic heterocycles. The van der Waals surface area contributed by atoms with Crippen molar-refractivity contribution >= 4 is 17.4 Å². The van der Waals surface area contributed by atoms with E-state index in [9.17, 15) is 4.79 Å². The molecule has 2 aromatic rings. The van der Waals surface area contributed by atoms with Gasteiger partial charge in [-0.15, -0.1) is 0 Å². The zero-order chi connectivity index (χ0) is 16.9. The minimum absolute atomic E-state index is 0.0384. The summed E-state index contributed by atoms with van der Waals surface area (Å²) >= 11 is 0. The molecule has 0 atom stereocenters. The van der Waals surface area contributed by atoms with Gasteiger partial charge in [0.2, 0.25) is 5.91 Å². The van der Waals surface area contributed by atoms with Crippen molar-refractivity contribution in [2.24, 2.45) is 0 Å². The molecule has 1 aliphatic rings. The number of morpholine rings is 1. The molecule has 0 aromatic carbocycles. The third-order valence-electron chi connectivity index (χ3n) is 4.02. The van der Waals surface area contributed by atoms with Gasteiger partial charge in [-0.2, -0.15) is 5.10 Å². The Balaban J connectivity index is 1.51. The second-order valence-electron chi connectivity index (χ2n) is 5.95. The third-order valence-corrected chi connectivity index (χ3v) is 4.02. The van der Waals surface area contributed by atoms with E-state index < -0.39 is 0 Å². The van der Waals surface area contributed by atoms with Crippen molar-refractivity contribution in [1.82, 2.24) is 14.8 Å². The van der Waals surface area contributed by atoms with Crippen LogP contribution in [0.4, 0.5) is 11.5 Å². The van der Waals surface area contributed by atoms with Crippen LogP contribution in [0, 0.1) is 13.8 Å². The van der Waals surface area contributed by atoms with E-state index >= 15 is 0 Å². The Morgan fingerprint density at radius 3 is 2.71 bits per heavy atom. The fourth-order valence-electron chi connectivity index (χ4n) is 2.77. The molecular weight excluding hydrogens is 306 g/mol. The van der Waals surface area contributed by atoms with Gasteiger partial charge < -0.3 is 15.0 Å². The molecular formula is C17H23N5O2. The predicted molar refractivity (Wildman–Crippen MR) is 92.2 cm³/mol. The number of amides is 1. The fourth-order valence-corrected chi connectivity index (χ4v) is 2.77. The molecule has 0 spiro atoms. The van der Waals surface area contributed by atoms with Crippen molar-refractivity contribution in [1.29, 1.82) is 0 Å². The second kappa shape index (κ2) is 7.44. The molecule has 3 rings (SSSR count). The van der Waals surface area contributed by atoms with Gasteiger partial charge >= 0.3 is 0 Å². The lowest BCUT2D eigenvalue weighted by molar-refractivity contribution is -0.116. The molecule has 1 amide bonds. The first kappa shape index (κ1) is 16.4. The second-order valence-corrected chi connectivity index (χ2v) is 5.95. The van der Waals surface area contributed by atoms with Crippen molar-refractivity contribution in [3.63, 3.8) is 0 Å². The molecule has 0 bridgehead atoms. The van der Waals surface area contributed by atoms with Crippen LogP contribution in [0.5, 0.6) is 0 Å². The summed E-state index contributed by atoms with van der Waals surface area (Å²) in [5, 5.41) is 7.24. The zero-order valence-corrected chi connectivity index (χ0v) is 14.2. The molecule has 1 fully saturated rings. The Morgan fingerprint density at radius 2 is 2.08 bits per heavy atom. The third kappa shape index (κ3) is 4.11. The van der Waals surface area contributed by atoms with E-state index in [1.165, 1.54) is 0 Å². The Hall–Kier alpha value is -2.41. The molecule has 0 aliphatic carbocycles. The Bertz CT molecular complexity index is 690. The minimum atomic E-state index is -0.0384. The number of pyridine rings is 1. The molecule has 24 heavy (non-hydrogen) atoms. The van der Waals surface area contributed by atoms with E-state index in [2.05, 4.69) is 20.3 Å². The maximum Gasteiger partial charge on any atom is 0.226 e. The summed E-state index contributed by atoms with van der Waals surface area (Å²) in [7, 11) is 0. The zero-order valence-electron chi connectivity index (χ0n) is 14.2. The number of aromatic nitrogens is 3. The van der Waals surface area contributed by atoms with Crippen LogP contribution in [-0.2, 0) is 16.1 Å². The average molecular weight is 329 g/mol. The van der Waals surface area contributed by atoms with Gasteiger partial charge in [-0.05, 0) is 32.0 Å². The summed E-state index contributed by atoms with van der Waals surface area (Å²) in [5.41, 5.74) is 2.75. The number of anilines is 2. The Morgan fingerprint density at radius 1 is 1.29 bits per heavy atom. The van der Waals surface area contributed by atoms with Gasteiger partial charge in [-0.1, -0.05) is 0 Å². The molecule has 1 aliphatic heterocycles. The van der Waals surface area contributed by atoms with Crippen LogP contribution in [0.25, 0.3) is 0 Å². The standard InChI is InChI=1S/C17H23N5O2/c1-13-11-14(2)22(20-13)6-5-17(23)19-15-3-4-16(18-12-15)21-7-9-24-10-8-21/h3-4,11-12H,5-10H2,1-2H3,(H,19,23). The van der Waals surface area contributed by atoms with Crippen molar-refractivity contribution in [3.05, 3.63) is 35.8 Å². The lowest BCUT2D eigenvalue weighted by Crippen LogP contribution is -2.36. The summed E-state index contributed by atoms with van der Waals surface area (Å²) in [5.74, 6) is 0.877. The van der Waals surface area contributed by atoms with Gasteiger partial charge in [0.05, 0.1) is 30.8 Å². The number of carbonyl (C=O) groups excluding carboxylic acids is 1. The number of hydrogen-bond donors (Lipinski definition) is 1.